The summed E-state index contributed by atoms with van der Waals surface area (Å²) in [6.07, 6.45) is 3.82. The fraction of sp³-hybridized carbons (Fsp3) is 0.500. The Labute approximate surface area is 123 Å². The van der Waals surface area contributed by atoms with Gasteiger partial charge in [0.25, 0.3) is 0 Å². The van der Waals surface area contributed by atoms with Crippen LogP contribution in [0.1, 0.15) is 24.8 Å². The third-order valence-corrected chi connectivity index (χ3v) is 2.74. The van der Waals surface area contributed by atoms with Crippen molar-refractivity contribution in [1.29, 1.82) is 0 Å². The van der Waals surface area contributed by atoms with Gasteiger partial charge in [-0.1, -0.05) is 6.42 Å². The van der Waals surface area contributed by atoms with Crippen LogP contribution in [0, 0.1) is 11.9 Å². The molecule has 1 fully saturated rings. The second-order valence-electron chi connectivity index (χ2n) is 3.85. The number of rotatable bonds is 2. The molecular formula is C12H15BrFMgN. The summed E-state index contributed by atoms with van der Waals surface area (Å²) < 4.78 is 13.3. The van der Waals surface area contributed by atoms with Crippen LogP contribution in [-0.4, -0.2) is 41.0 Å². The molecule has 0 N–H and O–H groups in total. The maximum absolute atomic E-state index is 13.3. The van der Waals surface area contributed by atoms with E-state index in [0.29, 0.717) is 0 Å². The maximum Gasteiger partial charge on any atom is 2.00 e. The van der Waals surface area contributed by atoms with Gasteiger partial charge in [0.05, 0.1) is 0 Å². The first-order valence-electron chi connectivity index (χ1n) is 5.23. The van der Waals surface area contributed by atoms with Crippen LogP contribution in [0.2, 0.25) is 0 Å². The van der Waals surface area contributed by atoms with Crippen LogP contribution in [0.5, 0.6) is 0 Å². The molecule has 1 aromatic rings. The van der Waals surface area contributed by atoms with Gasteiger partial charge in [0, 0.05) is 12.4 Å². The standard InChI is InChI=1S/C12H15FN.BrH.Mg/c13-12-7-3-2-6-11(12)10-14-8-4-1-5-9-14;;/h2,6-7H,1,4-5,8-10H2;1H;/q-1;;+2/p-1. The molecule has 2 rings (SSSR count). The third kappa shape index (κ3) is 4.69. The van der Waals surface area contributed by atoms with Gasteiger partial charge in [-0.3, -0.25) is 4.39 Å². The zero-order valence-electron chi connectivity index (χ0n) is 9.38. The average Bonchev–Trinajstić information content (AvgIpc) is 2.23. The van der Waals surface area contributed by atoms with Gasteiger partial charge in [0.15, 0.2) is 0 Å². The molecular weight excluding hydrogens is 281 g/mol. The quantitative estimate of drug-likeness (QED) is 0.512. The summed E-state index contributed by atoms with van der Waals surface area (Å²) in [6.45, 7) is 2.97. The van der Waals surface area contributed by atoms with E-state index in [9.17, 15) is 4.39 Å². The number of benzene rings is 1. The molecule has 1 aliphatic rings. The minimum atomic E-state index is -0.127. The summed E-state index contributed by atoms with van der Waals surface area (Å²) in [5, 5.41) is 0. The Hall–Kier alpha value is 0.356. The van der Waals surface area contributed by atoms with Gasteiger partial charge in [-0.15, -0.1) is 11.6 Å². The molecule has 0 atom stereocenters. The van der Waals surface area contributed by atoms with Crippen molar-refractivity contribution in [3.8, 4) is 0 Å². The topological polar surface area (TPSA) is 3.24 Å². The molecule has 0 saturated carbocycles. The predicted octanol–water partition coefficient (Wildman–Crippen LogP) is -0.765. The van der Waals surface area contributed by atoms with E-state index in [1.54, 1.807) is 6.07 Å². The molecule has 1 nitrogen and oxygen atoms in total. The van der Waals surface area contributed by atoms with E-state index < -0.39 is 0 Å². The summed E-state index contributed by atoms with van der Waals surface area (Å²) >= 11 is 0. The van der Waals surface area contributed by atoms with E-state index in [-0.39, 0.29) is 45.9 Å². The maximum atomic E-state index is 13.3. The zero-order chi connectivity index (χ0) is 9.80. The van der Waals surface area contributed by atoms with Gasteiger partial charge in [-0.25, -0.2) is 0 Å². The number of hydrogen-bond donors (Lipinski definition) is 0. The van der Waals surface area contributed by atoms with Gasteiger partial charge < -0.3 is 21.9 Å². The number of halogens is 2. The van der Waals surface area contributed by atoms with Crippen LogP contribution in [-0.2, 0) is 6.54 Å². The minimum Gasteiger partial charge on any atom is -1.00 e. The van der Waals surface area contributed by atoms with Gasteiger partial charge in [-0.2, -0.15) is 18.2 Å². The van der Waals surface area contributed by atoms with Crippen molar-refractivity contribution in [2.24, 2.45) is 0 Å². The second kappa shape index (κ2) is 8.45. The van der Waals surface area contributed by atoms with Gasteiger partial charge in [0.2, 0.25) is 0 Å². The van der Waals surface area contributed by atoms with Gasteiger partial charge in [0.1, 0.15) is 0 Å². The molecule has 1 saturated heterocycles. The van der Waals surface area contributed by atoms with Crippen molar-refractivity contribution in [3.63, 3.8) is 0 Å². The van der Waals surface area contributed by atoms with E-state index in [1.165, 1.54) is 25.3 Å². The first-order valence-corrected chi connectivity index (χ1v) is 5.23. The Kier molecular flexibility index (Phi) is 8.64. The number of nitrogens with zero attached hydrogens (tertiary/aromatic N) is 1. The molecule has 1 aromatic carbocycles. The van der Waals surface area contributed by atoms with Crippen LogP contribution in [0.4, 0.5) is 4.39 Å². The molecule has 0 amide bonds. The summed E-state index contributed by atoms with van der Waals surface area (Å²) in [5.41, 5.74) is 0.797. The molecule has 0 aromatic heterocycles. The fourth-order valence-corrected chi connectivity index (χ4v) is 1.93. The van der Waals surface area contributed by atoms with E-state index >= 15 is 0 Å². The monoisotopic (exact) mass is 295 g/mol. The van der Waals surface area contributed by atoms with Gasteiger partial charge >= 0.3 is 23.1 Å². The summed E-state index contributed by atoms with van der Waals surface area (Å²) in [6, 6.07) is 7.76. The molecule has 1 aliphatic heterocycles. The SMILES string of the molecule is Fc1c[c-]ccc1CN1CCCCC1.[Br-].[Mg+2]. The first kappa shape index (κ1) is 16.4. The van der Waals surface area contributed by atoms with Crippen LogP contribution < -0.4 is 17.0 Å². The Morgan fingerprint density at radius 2 is 1.94 bits per heavy atom. The smallest absolute Gasteiger partial charge is 1.00 e. The summed E-state index contributed by atoms with van der Waals surface area (Å²) in [5.74, 6) is -0.127. The Balaban J connectivity index is 0.00000112. The number of hydrogen-bond acceptors (Lipinski definition) is 1. The molecule has 0 radical (unpaired) electrons. The van der Waals surface area contributed by atoms with Crippen molar-refractivity contribution >= 4 is 23.1 Å². The van der Waals surface area contributed by atoms with E-state index in [1.807, 2.05) is 6.07 Å². The Morgan fingerprint density at radius 3 is 2.56 bits per heavy atom. The predicted molar refractivity (Wildman–Crippen MR) is 60.1 cm³/mol. The molecule has 84 valence electrons. The molecule has 0 aliphatic carbocycles. The Morgan fingerprint density at radius 1 is 1.25 bits per heavy atom. The molecule has 0 bridgehead atoms. The normalized spacial score (nSPS) is 16.1. The van der Waals surface area contributed by atoms with E-state index in [4.69, 9.17) is 0 Å². The van der Waals surface area contributed by atoms with Crippen LogP contribution >= 0.6 is 0 Å². The van der Waals surface area contributed by atoms with Crippen LogP contribution in [0.15, 0.2) is 18.2 Å². The Bertz CT molecular complexity index is 303. The third-order valence-electron chi connectivity index (χ3n) is 2.74. The fourth-order valence-electron chi connectivity index (χ4n) is 1.93. The van der Waals surface area contributed by atoms with Crippen molar-refractivity contribution in [3.05, 3.63) is 35.6 Å². The van der Waals surface area contributed by atoms with Crippen molar-refractivity contribution in [2.75, 3.05) is 13.1 Å². The largest absolute Gasteiger partial charge is 2.00 e. The average molecular weight is 296 g/mol. The number of likely N-dealkylation sites (tertiary alicyclic amines) is 1. The van der Waals surface area contributed by atoms with E-state index in [0.717, 1.165) is 25.2 Å². The van der Waals surface area contributed by atoms with Crippen molar-refractivity contribution in [1.82, 2.24) is 4.90 Å². The van der Waals surface area contributed by atoms with Crippen molar-refractivity contribution in [2.45, 2.75) is 25.8 Å². The van der Waals surface area contributed by atoms with E-state index in [2.05, 4.69) is 11.0 Å². The first-order chi connectivity index (χ1) is 6.86. The molecule has 16 heavy (non-hydrogen) atoms. The molecule has 1 heterocycles. The minimum absolute atomic E-state index is 0. The summed E-state index contributed by atoms with van der Waals surface area (Å²) in [4.78, 5) is 2.32. The zero-order valence-corrected chi connectivity index (χ0v) is 12.4. The molecule has 4 heteroatoms. The van der Waals surface area contributed by atoms with Crippen LogP contribution in [0.3, 0.4) is 0 Å². The van der Waals surface area contributed by atoms with Crippen molar-refractivity contribution < 1.29 is 21.4 Å². The molecule has 0 unspecified atom stereocenters. The van der Waals surface area contributed by atoms with Gasteiger partial charge in [-0.05, 0) is 25.9 Å². The second-order valence-corrected chi connectivity index (χ2v) is 3.85. The van der Waals surface area contributed by atoms with Crippen LogP contribution in [0.25, 0.3) is 0 Å². The molecule has 0 spiro atoms. The number of piperidine rings is 1. The summed E-state index contributed by atoms with van der Waals surface area (Å²) in [7, 11) is 0.